The van der Waals surface area contributed by atoms with Crippen LogP contribution in [0, 0.1) is 0 Å². The molecule has 0 atom stereocenters. The van der Waals surface area contributed by atoms with Gasteiger partial charge in [0, 0.05) is 46.6 Å². The molecule has 0 radical (unpaired) electrons. The third-order valence-electron chi connectivity index (χ3n) is 5.12. The summed E-state index contributed by atoms with van der Waals surface area (Å²) in [6.07, 6.45) is 0.871. The highest BCUT2D eigenvalue weighted by molar-refractivity contribution is 6.31. The number of hydrogen-bond donors (Lipinski definition) is 1. The Hall–Kier alpha value is -3.02. The molecule has 7 heteroatoms. The summed E-state index contributed by atoms with van der Waals surface area (Å²) in [5.41, 5.74) is 2.94. The molecular formula is C24H21Cl2N3O2. The van der Waals surface area contributed by atoms with Crippen LogP contribution in [0.5, 0.6) is 0 Å². The Morgan fingerprint density at radius 1 is 0.903 bits per heavy atom. The second-order valence-electron chi connectivity index (χ2n) is 7.35. The van der Waals surface area contributed by atoms with Gasteiger partial charge in [0.2, 0.25) is 0 Å². The van der Waals surface area contributed by atoms with E-state index in [0.29, 0.717) is 40.9 Å². The van der Waals surface area contributed by atoms with E-state index in [1.807, 2.05) is 29.2 Å². The van der Waals surface area contributed by atoms with Gasteiger partial charge in [0.05, 0.1) is 0 Å². The second-order valence-corrected chi connectivity index (χ2v) is 8.22. The number of carbonyl (C=O) groups is 2. The van der Waals surface area contributed by atoms with Crippen molar-refractivity contribution in [2.45, 2.75) is 13.0 Å². The molecule has 1 aliphatic heterocycles. The van der Waals surface area contributed by atoms with Crippen LogP contribution in [0.25, 0.3) is 0 Å². The Balaban J connectivity index is 1.43. The molecule has 3 amide bonds. The number of benzene rings is 3. The van der Waals surface area contributed by atoms with Crippen molar-refractivity contribution in [3.8, 4) is 0 Å². The average molecular weight is 454 g/mol. The molecule has 3 aromatic carbocycles. The molecule has 1 aliphatic rings. The topological polar surface area (TPSA) is 52.7 Å². The molecule has 31 heavy (non-hydrogen) atoms. The van der Waals surface area contributed by atoms with Crippen molar-refractivity contribution in [2.75, 3.05) is 23.3 Å². The number of rotatable bonds is 5. The Bertz CT molecular complexity index is 1080. The molecular weight excluding hydrogens is 433 g/mol. The first kappa shape index (κ1) is 21.2. The van der Waals surface area contributed by atoms with Crippen molar-refractivity contribution < 1.29 is 9.59 Å². The number of anilines is 2. The number of carbonyl (C=O) groups excluding carboxylic acids is 2. The SMILES string of the molecule is O=C(Nc1cccc(Cl)c1)c1ccc(N2CCCN(Cc3ccc(Cl)cc3)C2=O)cc1. The maximum absolute atomic E-state index is 13.0. The molecule has 1 heterocycles. The lowest BCUT2D eigenvalue weighted by Crippen LogP contribution is -2.49. The fraction of sp³-hybridized carbons (Fsp3) is 0.167. The van der Waals surface area contributed by atoms with Crippen LogP contribution in [0.15, 0.2) is 72.8 Å². The standard InChI is InChI=1S/C24H21Cl2N3O2/c25-19-9-5-17(6-10-19)16-28-13-2-14-29(24(28)31)22-11-7-18(8-12-22)23(30)27-21-4-1-3-20(26)15-21/h1,3-12,15H,2,13-14,16H2,(H,27,30). The highest BCUT2D eigenvalue weighted by Crippen LogP contribution is 2.23. The van der Waals surface area contributed by atoms with Gasteiger partial charge < -0.3 is 10.2 Å². The number of hydrogen-bond acceptors (Lipinski definition) is 2. The van der Waals surface area contributed by atoms with Gasteiger partial charge in [-0.2, -0.15) is 0 Å². The summed E-state index contributed by atoms with van der Waals surface area (Å²) in [7, 11) is 0. The first-order chi connectivity index (χ1) is 15.0. The first-order valence-electron chi connectivity index (χ1n) is 9.97. The fourth-order valence-electron chi connectivity index (χ4n) is 3.54. The van der Waals surface area contributed by atoms with Gasteiger partial charge in [-0.1, -0.05) is 41.4 Å². The van der Waals surface area contributed by atoms with E-state index in [1.54, 1.807) is 53.4 Å². The summed E-state index contributed by atoms with van der Waals surface area (Å²) in [6, 6.07) is 21.5. The molecule has 5 nitrogen and oxygen atoms in total. The van der Waals surface area contributed by atoms with Gasteiger partial charge in [-0.25, -0.2) is 4.79 Å². The Morgan fingerprint density at radius 3 is 2.35 bits per heavy atom. The third kappa shape index (κ3) is 5.19. The maximum Gasteiger partial charge on any atom is 0.324 e. The van der Waals surface area contributed by atoms with Gasteiger partial charge in [0.15, 0.2) is 0 Å². The Morgan fingerprint density at radius 2 is 1.65 bits per heavy atom. The zero-order valence-electron chi connectivity index (χ0n) is 16.7. The molecule has 1 N–H and O–H groups in total. The van der Waals surface area contributed by atoms with E-state index in [4.69, 9.17) is 23.2 Å². The van der Waals surface area contributed by atoms with Crippen LogP contribution in [0.1, 0.15) is 22.3 Å². The van der Waals surface area contributed by atoms with Crippen LogP contribution in [-0.2, 0) is 6.54 Å². The number of halogens is 2. The predicted molar refractivity (Wildman–Crippen MR) is 125 cm³/mol. The van der Waals surface area contributed by atoms with E-state index in [-0.39, 0.29) is 11.9 Å². The average Bonchev–Trinajstić information content (AvgIpc) is 2.77. The van der Waals surface area contributed by atoms with E-state index in [2.05, 4.69) is 5.32 Å². The first-order valence-corrected chi connectivity index (χ1v) is 10.7. The lowest BCUT2D eigenvalue weighted by molar-refractivity contribution is 0.102. The van der Waals surface area contributed by atoms with Crippen LogP contribution >= 0.6 is 23.2 Å². The van der Waals surface area contributed by atoms with Gasteiger partial charge in [0.25, 0.3) is 5.91 Å². The van der Waals surface area contributed by atoms with Crippen molar-refractivity contribution in [1.29, 1.82) is 0 Å². The summed E-state index contributed by atoms with van der Waals surface area (Å²) >= 11 is 11.9. The second kappa shape index (κ2) is 9.41. The third-order valence-corrected chi connectivity index (χ3v) is 5.61. The van der Waals surface area contributed by atoms with E-state index in [1.165, 1.54) is 0 Å². The smallest absolute Gasteiger partial charge is 0.322 e. The van der Waals surface area contributed by atoms with Crippen LogP contribution < -0.4 is 10.2 Å². The minimum absolute atomic E-state index is 0.0441. The van der Waals surface area contributed by atoms with Crippen LogP contribution in [-0.4, -0.2) is 29.9 Å². The molecule has 158 valence electrons. The van der Waals surface area contributed by atoms with E-state index in [0.717, 1.165) is 17.7 Å². The van der Waals surface area contributed by atoms with Crippen molar-refractivity contribution in [2.24, 2.45) is 0 Å². The molecule has 0 aliphatic carbocycles. The molecule has 0 unspecified atom stereocenters. The zero-order chi connectivity index (χ0) is 21.8. The number of amides is 3. The predicted octanol–water partition coefficient (Wildman–Crippen LogP) is 6.08. The van der Waals surface area contributed by atoms with Crippen LogP contribution in [0.2, 0.25) is 10.0 Å². The van der Waals surface area contributed by atoms with Gasteiger partial charge in [-0.05, 0) is 66.6 Å². The summed E-state index contributed by atoms with van der Waals surface area (Å²) in [6.45, 7) is 1.88. The Labute approximate surface area is 191 Å². The molecule has 0 bridgehead atoms. The van der Waals surface area contributed by atoms with Crippen molar-refractivity contribution in [3.63, 3.8) is 0 Å². The summed E-state index contributed by atoms with van der Waals surface area (Å²) < 4.78 is 0. The number of nitrogens with zero attached hydrogens (tertiary/aromatic N) is 2. The molecule has 1 fully saturated rings. The van der Waals surface area contributed by atoms with Crippen molar-refractivity contribution >= 4 is 46.5 Å². The highest BCUT2D eigenvalue weighted by atomic mass is 35.5. The molecule has 4 rings (SSSR count). The molecule has 0 saturated carbocycles. The summed E-state index contributed by atoms with van der Waals surface area (Å²) in [5, 5.41) is 4.05. The Kier molecular flexibility index (Phi) is 6.44. The molecule has 1 saturated heterocycles. The van der Waals surface area contributed by atoms with Crippen molar-refractivity contribution in [3.05, 3.63) is 94.0 Å². The molecule has 3 aromatic rings. The van der Waals surface area contributed by atoms with Gasteiger partial charge in [0.1, 0.15) is 0 Å². The fourth-order valence-corrected chi connectivity index (χ4v) is 3.86. The van der Waals surface area contributed by atoms with Gasteiger partial charge in [-0.3, -0.25) is 9.69 Å². The minimum atomic E-state index is -0.233. The van der Waals surface area contributed by atoms with Gasteiger partial charge >= 0.3 is 6.03 Å². The summed E-state index contributed by atoms with van der Waals surface area (Å²) in [4.78, 5) is 29.1. The van der Waals surface area contributed by atoms with E-state index < -0.39 is 0 Å². The minimum Gasteiger partial charge on any atom is -0.322 e. The number of nitrogens with one attached hydrogen (secondary N) is 1. The zero-order valence-corrected chi connectivity index (χ0v) is 18.2. The molecule has 0 spiro atoms. The van der Waals surface area contributed by atoms with Gasteiger partial charge in [-0.15, -0.1) is 0 Å². The monoisotopic (exact) mass is 453 g/mol. The lowest BCUT2D eigenvalue weighted by atomic mass is 10.1. The van der Waals surface area contributed by atoms with E-state index >= 15 is 0 Å². The van der Waals surface area contributed by atoms with Crippen molar-refractivity contribution in [1.82, 2.24) is 4.90 Å². The largest absolute Gasteiger partial charge is 0.324 e. The van der Waals surface area contributed by atoms with E-state index in [9.17, 15) is 9.59 Å². The number of urea groups is 1. The quantitative estimate of drug-likeness (QED) is 0.508. The van der Waals surface area contributed by atoms with Crippen LogP contribution in [0.4, 0.5) is 16.2 Å². The summed E-state index contributed by atoms with van der Waals surface area (Å²) in [5.74, 6) is -0.233. The normalized spacial score (nSPS) is 13.9. The lowest BCUT2D eigenvalue weighted by Gasteiger charge is -2.35. The van der Waals surface area contributed by atoms with Crippen LogP contribution in [0.3, 0.4) is 0 Å². The maximum atomic E-state index is 13.0. The highest BCUT2D eigenvalue weighted by Gasteiger charge is 2.26. The molecule has 0 aromatic heterocycles.